The van der Waals surface area contributed by atoms with Crippen LogP contribution in [0.1, 0.15) is 42.9 Å². The molecule has 0 saturated carbocycles. The standard InChI is InChI=1S/C19H26FNO3/c1-23-18-9-13-6-8-21-12-14(5-3-4-7-20)17(22)11-16(21)15(13)10-19(18)24-2/h9-10,14,16H,3-8,11-12H2,1-2H3/t14-,16-/m1/s1/i20-1. The third kappa shape index (κ3) is 3.27. The van der Waals surface area contributed by atoms with Crippen LogP contribution < -0.4 is 9.47 Å². The Kier molecular flexibility index (Phi) is 5.39. The van der Waals surface area contributed by atoms with Crippen LogP contribution in [0.5, 0.6) is 11.5 Å². The van der Waals surface area contributed by atoms with Crippen molar-refractivity contribution in [2.24, 2.45) is 5.92 Å². The molecule has 2 atom stereocenters. The lowest BCUT2D eigenvalue weighted by molar-refractivity contribution is -0.129. The van der Waals surface area contributed by atoms with Gasteiger partial charge in [-0.15, -0.1) is 0 Å². The molecule has 0 N–H and O–H groups in total. The molecule has 132 valence electrons. The smallest absolute Gasteiger partial charge is 0.161 e. The predicted octanol–water partition coefficient (Wildman–Crippen LogP) is 3.33. The van der Waals surface area contributed by atoms with Crippen molar-refractivity contribution in [1.82, 2.24) is 4.90 Å². The van der Waals surface area contributed by atoms with Crippen molar-refractivity contribution < 1.29 is 18.7 Å². The van der Waals surface area contributed by atoms with Gasteiger partial charge in [0.1, 0.15) is 5.78 Å². The number of carbonyl (C=O) groups is 1. The lowest BCUT2D eigenvalue weighted by Crippen LogP contribution is -2.46. The molecule has 0 bridgehead atoms. The van der Waals surface area contributed by atoms with E-state index < -0.39 is 0 Å². The van der Waals surface area contributed by atoms with E-state index in [1.165, 1.54) is 11.1 Å². The highest BCUT2D eigenvalue weighted by Crippen LogP contribution is 2.42. The van der Waals surface area contributed by atoms with E-state index >= 15 is 0 Å². The molecule has 2 heterocycles. The average Bonchev–Trinajstić information content (AvgIpc) is 2.61. The molecule has 0 unspecified atom stereocenters. The molecule has 0 amide bonds. The number of benzene rings is 1. The molecule has 1 aromatic carbocycles. The number of hydrogen-bond acceptors (Lipinski definition) is 4. The fourth-order valence-electron chi connectivity index (χ4n) is 4.02. The Bertz CT molecular complexity index is 605. The molecule has 24 heavy (non-hydrogen) atoms. The maximum absolute atomic E-state index is 12.6. The SMILES string of the molecule is COc1cc2c(cc1OC)[C@H]1CC(=O)[C@H](CCCC[18F])CN1CC2. The molecular formula is C19H26FNO3. The molecule has 1 aromatic rings. The van der Waals surface area contributed by atoms with E-state index in [1.807, 2.05) is 12.1 Å². The summed E-state index contributed by atoms with van der Waals surface area (Å²) in [5, 5.41) is 0. The first-order valence-electron chi connectivity index (χ1n) is 8.75. The Morgan fingerprint density at radius 2 is 1.96 bits per heavy atom. The van der Waals surface area contributed by atoms with Gasteiger partial charge in [0, 0.05) is 31.5 Å². The van der Waals surface area contributed by atoms with Crippen LogP contribution in [-0.4, -0.2) is 44.7 Å². The minimum Gasteiger partial charge on any atom is -0.493 e. The number of hydrogen-bond donors (Lipinski definition) is 0. The summed E-state index contributed by atoms with van der Waals surface area (Å²) in [7, 11) is 3.28. The van der Waals surface area contributed by atoms with E-state index in [0.29, 0.717) is 18.6 Å². The topological polar surface area (TPSA) is 38.8 Å². The van der Waals surface area contributed by atoms with Gasteiger partial charge in [-0.05, 0) is 42.5 Å². The maximum Gasteiger partial charge on any atom is 0.161 e. The van der Waals surface area contributed by atoms with Crippen LogP contribution in [0.4, 0.5) is 4.39 Å². The average molecular weight is 334 g/mol. The molecule has 0 radical (unpaired) electrons. The highest BCUT2D eigenvalue weighted by atomic mass is 18.2. The largest absolute Gasteiger partial charge is 0.493 e. The van der Waals surface area contributed by atoms with Gasteiger partial charge in [0.25, 0.3) is 0 Å². The Labute approximate surface area is 142 Å². The fraction of sp³-hybridized carbons (Fsp3) is 0.632. The van der Waals surface area contributed by atoms with Crippen LogP contribution in [0.2, 0.25) is 0 Å². The van der Waals surface area contributed by atoms with E-state index in [1.54, 1.807) is 14.2 Å². The highest BCUT2D eigenvalue weighted by Gasteiger charge is 2.38. The summed E-state index contributed by atoms with van der Waals surface area (Å²) in [5.41, 5.74) is 2.44. The monoisotopic (exact) mass is 334 g/mol. The van der Waals surface area contributed by atoms with Crippen molar-refractivity contribution in [1.29, 1.82) is 0 Å². The van der Waals surface area contributed by atoms with Crippen LogP contribution in [0, 0.1) is 5.92 Å². The number of unbranched alkanes of at least 4 members (excludes halogenated alkanes) is 1. The summed E-state index contributed by atoms with van der Waals surface area (Å²) < 4.78 is 23.1. The van der Waals surface area contributed by atoms with Crippen molar-refractivity contribution >= 4 is 5.78 Å². The molecule has 4 nitrogen and oxygen atoms in total. The number of ketones is 1. The van der Waals surface area contributed by atoms with Crippen LogP contribution in [0.25, 0.3) is 0 Å². The number of alkyl halides is 1. The lowest BCUT2D eigenvalue weighted by Gasteiger charge is -2.43. The molecule has 3 rings (SSSR count). The van der Waals surface area contributed by atoms with Crippen LogP contribution in [0.3, 0.4) is 0 Å². The third-order valence-corrected chi connectivity index (χ3v) is 5.35. The summed E-state index contributed by atoms with van der Waals surface area (Å²) in [5.74, 6) is 1.85. The number of nitrogens with zero attached hydrogens (tertiary/aromatic N) is 1. The zero-order valence-corrected chi connectivity index (χ0v) is 14.5. The summed E-state index contributed by atoms with van der Waals surface area (Å²) in [6.45, 7) is 1.46. The van der Waals surface area contributed by atoms with Gasteiger partial charge in [-0.3, -0.25) is 14.1 Å². The van der Waals surface area contributed by atoms with Gasteiger partial charge >= 0.3 is 0 Å². The van der Waals surface area contributed by atoms with E-state index in [0.717, 1.165) is 43.9 Å². The summed E-state index contributed by atoms with van der Waals surface area (Å²) in [6, 6.07) is 4.21. The number of rotatable bonds is 6. The second kappa shape index (κ2) is 7.51. The van der Waals surface area contributed by atoms with Gasteiger partial charge in [-0.2, -0.15) is 0 Å². The summed E-state index contributed by atoms with van der Waals surface area (Å²) >= 11 is 0. The molecule has 0 spiro atoms. The molecule has 2 aliphatic heterocycles. The number of carbonyl (C=O) groups excluding carboxylic acids is 1. The van der Waals surface area contributed by atoms with Crippen molar-refractivity contribution in [3.8, 4) is 11.5 Å². The molecule has 0 aromatic heterocycles. The van der Waals surface area contributed by atoms with Crippen molar-refractivity contribution in [3.63, 3.8) is 0 Å². The Morgan fingerprint density at radius 3 is 2.67 bits per heavy atom. The number of fused-ring (bicyclic) bond motifs is 3. The lowest BCUT2D eigenvalue weighted by atomic mass is 9.81. The number of ether oxygens (including phenoxy) is 2. The molecule has 2 aliphatic rings. The van der Waals surface area contributed by atoms with E-state index in [4.69, 9.17) is 9.47 Å². The number of Topliss-reactive ketones (excluding diaryl/α,β-unsaturated/α-hetero) is 1. The quantitative estimate of drug-likeness (QED) is 0.748. The molecular weight excluding hydrogens is 308 g/mol. The van der Waals surface area contributed by atoms with Gasteiger partial charge < -0.3 is 9.47 Å². The highest BCUT2D eigenvalue weighted by molar-refractivity contribution is 5.83. The van der Waals surface area contributed by atoms with Gasteiger partial charge in [-0.25, -0.2) is 0 Å². The molecule has 1 fully saturated rings. The molecule has 1 saturated heterocycles. The first-order chi connectivity index (χ1) is 11.7. The Morgan fingerprint density at radius 1 is 1.21 bits per heavy atom. The van der Waals surface area contributed by atoms with E-state index in [9.17, 15) is 9.18 Å². The van der Waals surface area contributed by atoms with Gasteiger partial charge in [0.2, 0.25) is 0 Å². The second-order valence-corrected chi connectivity index (χ2v) is 6.72. The number of halogens is 1. The van der Waals surface area contributed by atoms with Crippen LogP contribution >= 0.6 is 0 Å². The Balaban J connectivity index is 1.79. The zero-order valence-electron chi connectivity index (χ0n) is 14.5. The van der Waals surface area contributed by atoms with Crippen molar-refractivity contribution in [2.45, 2.75) is 38.1 Å². The van der Waals surface area contributed by atoms with Crippen LogP contribution in [0.15, 0.2) is 12.1 Å². The van der Waals surface area contributed by atoms with E-state index in [2.05, 4.69) is 4.90 Å². The predicted molar refractivity (Wildman–Crippen MR) is 90.5 cm³/mol. The summed E-state index contributed by atoms with van der Waals surface area (Å²) in [6.07, 6.45) is 3.67. The van der Waals surface area contributed by atoms with Gasteiger partial charge in [0.15, 0.2) is 11.5 Å². The number of methoxy groups -OCH3 is 2. The minimum atomic E-state index is -0.289. The van der Waals surface area contributed by atoms with Gasteiger partial charge in [-0.1, -0.05) is 6.42 Å². The summed E-state index contributed by atoms with van der Waals surface area (Å²) in [4.78, 5) is 15.0. The van der Waals surface area contributed by atoms with Crippen molar-refractivity contribution in [2.75, 3.05) is 34.0 Å². The first-order valence-corrected chi connectivity index (χ1v) is 8.75. The molecule has 0 aliphatic carbocycles. The third-order valence-electron chi connectivity index (χ3n) is 5.35. The van der Waals surface area contributed by atoms with Gasteiger partial charge in [0.05, 0.1) is 20.9 Å². The first kappa shape index (κ1) is 17.2. The van der Waals surface area contributed by atoms with Crippen LogP contribution in [-0.2, 0) is 11.2 Å². The van der Waals surface area contributed by atoms with E-state index in [-0.39, 0.29) is 18.6 Å². The molecule has 5 heteroatoms. The fourth-order valence-corrected chi connectivity index (χ4v) is 4.02. The maximum atomic E-state index is 12.6. The minimum absolute atomic E-state index is 0.0643. The second-order valence-electron chi connectivity index (χ2n) is 6.72. The normalized spacial score (nSPS) is 23.5. The Hall–Kier alpha value is -1.62. The van der Waals surface area contributed by atoms with Crippen molar-refractivity contribution in [3.05, 3.63) is 23.3 Å². The zero-order chi connectivity index (χ0) is 17.1. The number of piperidine rings is 1.